The lowest BCUT2D eigenvalue weighted by molar-refractivity contribution is 0.632. The Morgan fingerprint density at radius 3 is 2.00 bits per heavy atom. The predicted molar refractivity (Wildman–Crippen MR) is 54.3 cm³/mol. The van der Waals surface area contributed by atoms with Gasteiger partial charge in [0.2, 0.25) is 0 Å². The van der Waals surface area contributed by atoms with Crippen molar-refractivity contribution in [1.29, 1.82) is 0 Å². The monoisotopic (exact) mass is 182 g/mol. The molecule has 3 heteroatoms. The Balaban J connectivity index is 3.92. The first kappa shape index (κ1) is 10.0. The Labute approximate surface area is 74.0 Å². The number of thiol groups is 3. The van der Waals surface area contributed by atoms with Crippen LogP contribution in [-0.4, -0.2) is 15.7 Å². The van der Waals surface area contributed by atoms with Gasteiger partial charge in [-0.05, 0) is 6.42 Å². The molecule has 0 aliphatic heterocycles. The lowest BCUT2D eigenvalue weighted by atomic mass is 10.0. The predicted octanol–water partition coefficient (Wildman–Crippen LogP) is 2.31. The standard InChI is InChI=1S/C6H14S3/c1-3-6(9,4-7)5(2)8/h5,7-9H,3-4H2,1-2H3. The van der Waals surface area contributed by atoms with Crippen molar-refractivity contribution in [3.63, 3.8) is 0 Å². The fourth-order valence-corrected chi connectivity index (χ4v) is 1.45. The van der Waals surface area contributed by atoms with E-state index in [-0.39, 0.29) is 4.75 Å². The Morgan fingerprint density at radius 2 is 2.00 bits per heavy atom. The van der Waals surface area contributed by atoms with Gasteiger partial charge in [-0.15, -0.1) is 0 Å². The SMILES string of the molecule is CCC(S)(CS)C(C)S. The van der Waals surface area contributed by atoms with Gasteiger partial charge in [-0.1, -0.05) is 13.8 Å². The summed E-state index contributed by atoms with van der Waals surface area (Å²) in [5, 5.41) is 0.309. The van der Waals surface area contributed by atoms with Crippen molar-refractivity contribution in [1.82, 2.24) is 0 Å². The minimum Gasteiger partial charge on any atom is -0.178 e. The van der Waals surface area contributed by atoms with Crippen molar-refractivity contribution in [3.05, 3.63) is 0 Å². The van der Waals surface area contributed by atoms with E-state index in [1.165, 1.54) is 0 Å². The zero-order valence-corrected chi connectivity index (χ0v) is 8.52. The second-order valence-corrected chi connectivity index (χ2v) is 4.27. The highest BCUT2D eigenvalue weighted by molar-refractivity contribution is 7.87. The highest BCUT2D eigenvalue weighted by Crippen LogP contribution is 2.28. The topological polar surface area (TPSA) is 0 Å². The molecule has 0 nitrogen and oxygen atoms in total. The van der Waals surface area contributed by atoms with E-state index in [1.807, 2.05) is 0 Å². The molecule has 2 atom stereocenters. The maximum absolute atomic E-state index is 4.46. The highest BCUT2D eigenvalue weighted by Gasteiger charge is 2.25. The summed E-state index contributed by atoms with van der Waals surface area (Å²) in [5.41, 5.74) is 0. The molecule has 0 saturated heterocycles. The molecule has 0 aromatic carbocycles. The molecule has 9 heavy (non-hydrogen) atoms. The molecule has 0 N–H and O–H groups in total. The van der Waals surface area contributed by atoms with Crippen LogP contribution in [0.25, 0.3) is 0 Å². The second kappa shape index (κ2) is 4.04. The van der Waals surface area contributed by atoms with Crippen molar-refractivity contribution in [2.45, 2.75) is 30.3 Å². The Kier molecular flexibility index (Phi) is 4.51. The Morgan fingerprint density at radius 1 is 1.56 bits per heavy atom. The number of rotatable bonds is 3. The molecular weight excluding hydrogens is 168 g/mol. The third-order valence-electron chi connectivity index (χ3n) is 1.66. The van der Waals surface area contributed by atoms with E-state index in [4.69, 9.17) is 0 Å². The maximum atomic E-state index is 4.46. The smallest absolute Gasteiger partial charge is 0.0328 e. The van der Waals surface area contributed by atoms with Crippen molar-refractivity contribution < 1.29 is 0 Å². The van der Waals surface area contributed by atoms with Gasteiger partial charge < -0.3 is 0 Å². The van der Waals surface area contributed by atoms with Crippen LogP contribution in [0.2, 0.25) is 0 Å². The summed E-state index contributed by atoms with van der Waals surface area (Å²) >= 11 is 13.0. The van der Waals surface area contributed by atoms with Crippen molar-refractivity contribution in [2.24, 2.45) is 0 Å². The zero-order chi connectivity index (χ0) is 7.49. The first-order valence-electron chi connectivity index (χ1n) is 3.08. The van der Waals surface area contributed by atoms with Crippen LogP contribution in [0.5, 0.6) is 0 Å². The molecule has 0 fully saturated rings. The van der Waals surface area contributed by atoms with Gasteiger partial charge in [0.25, 0.3) is 0 Å². The van der Waals surface area contributed by atoms with Crippen molar-refractivity contribution in [2.75, 3.05) is 5.75 Å². The van der Waals surface area contributed by atoms with Gasteiger partial charge in [-0.2, -0.15) is 37.9 Å². The third-order valence-corrected chi connectivity index (χ3v) is 4.04. The summed E-state index contributed by atoms with van der Waals surface area (Å²) in [7, 11) is 0. The van der Waals surface area contributed by atoms with Crippen LogP contribution >= 0.6 is 37.9 Å². The summed E-state index contributed by atoms with van der Waals surface area (Å²) < 4.78 is 0.00617. The summed E-state index contributed by atoms with van der Waals surface area (Å²) in [5.74, 6) is 0.789. The van der Waals surface area contributed by atoms with Gasteiger partial charge in [-0.25, -0.2) is 0 Å². The normalized spacial score (nSPS) is 21.0. The van der Waals surface area contributed by atoms with Gasteiger partial charge in [0, 0.05) is 15.7 Å². The van der Waals surface area contributed by atoms with Crippen LogP contribution in [0.3, 0.4) is 0 Å². The molecule has 0 saturated carbocycles. The largest absolute Gasteiger partial charge is 0.178 e. The molecule has 0 heterocycles. The molecule has 0 bridgehead atoms. The average Bonchev–Trinajstić information content (AvgIpc) is 1.86. The maximum Gasteiger partial charge on any atom is 0.0328 e. The van der Waals surface area contributed by atoms with E-state index in [9.17, 15) is 0 Å². The molecule has 0 rings (SSSR count). The third kappa shape index (κ3) is 2.64. The number of hydrogen-bond donors (Lipinski definition) is 3. The van der Waals surface area contributed by atoms with E-state index in [0.29, 0.717) is 5.25 Å². The quantitative estimate of drug-likeness (QED) is 0.548. The minimum absolute atomic E-state index is 0.00617. The van der Waals surface area contributed by atoms with Crippen LogP contribution in [0.4, 0.5) is 0 Å². The van der Waals surface area contributed by atoms with Crippen LogP contribution in [0.15, 0.2) is 0 Å². The van der Waals surface area contributed by atoms with E-state index < -0.39 is 0 Å². The van der Waals surface area contributed by atoms with E-state index in [2.05, 4.69) is 51.7 Å². The lowest BCUT2D eigenvalue weighted by Crippen LogP contribution is -2.32. The van der Waals surface area contributed by atoms with Crippen molar-refractivity contribution >= 4 is 37.9 Å². The summed E-state index contributed by atoms with van der Waals surface area (Å²) in [6, 6.07) is 0. The van der Waals surface area contributed by atoms with Crippen molar-refractivity contribution in [3.8, 4) is 0 Å². The summed E-state index contributed by atoms with van der Waals surface area (Å²) in [6.07, 6.45) is 1.02. The molecule has 0 spiro atoms. The molecule has 0 aliphatic rings. The Hall–Kier alpha value is 1.05. The molecule has 0 aliphatic carbocycles. The molecule has 0 aromatic heterocycles. The molecular formula is C6H14S3. The van der Waals surface area contributed by atoms with Gasteiger partial charge in [0.1, 0.15) is 0 Å². The van der Waals surface area contributed by atoms with E-state index in [1.54, 1.807) is 0 Å². The van der Waals surface area contributed by atoms with Crippen LogP contribution in [0, 0.1) is 0 Å². The van der Waals surface area contributed by atoms with Gasteiger partial charge in [0.15, 0.2) is 0 Å². The second-order valence-electron chi connectivity index (χ2n) is 2.29. The molecule has 56 valence electrons. The molecule has 0 aromatic rings. The van der Waals surface area contributed by atoms with Gasteiger partial charge >= 0.3 is 0 Å². The average molecular weight is 182 g/mol. The minimum atomic E-state index is 0.00617. The van der Waals surface area contributed by atoms with Crippen LogP contribution in [0.1, 0.15) is 20.3 Å². The first-order valence-corrected chi connectivity index (χ1v) is 4.67. The van der Waals surface area contributed by atoms with Gasteiger partial charge in [-0.3, -0.25) is 0 Å². The highest BCUT2D eigenvalue weighted by atomic mass is 32.1. The fourth-order valence-electron chi connectivity index (χ4n) is 0.539. The lowest BCUT2D eigenvalue weighted by Gasteiger charge is -2.28. The molecule has 0 amide bonds. The zero-order valence-electron chi connectivity index (χ0n) is 5.83. The van der Waals surface area contributed by atoms with Crippen LogP contribution in [-0.2, 0) is 0 Å². The molecule has 2 unspecified atom stereocenters. The van der Waals surface area contributed by atoms with Crippen LogP contribution < -0.4 is 0 Å². The van der Waals surface area contributed by atoms with E-state index in [0.717, 1.165) is 12.2 Å². The molecule has 0 radical (unpaired) electrons. The summed E-state index contributed by atoms with van der Waals surface area (Å²) in [4.78, 5) is 0. The Bertz CT molecular complexity index is 76.4. The van der Waals surface area contributed by atoms with E-state index >= 15 is 0 Å². The van der Waals surface area contributed by atoms with Gasteiger partial charge in [0.05, 0.1) is 0 Å². The first-order chi connectivity index (χ1) is 4.06. The fraction of sp³-hybridized carbons (Fsp3) is 1.00. The summed E-state index contributed by atoms with van der Waals surface area (Å²) in [6.45, 7) is 4.16. The number of hydrogen-bond acceptors (Lipinski definition) is 3.